The van der Waals surface area contributed by atoms with Crippen LogP contribution in [0.4, 0.5) is 0 Å². The van der Waals surface area contributed by atoms with Crippen molar-refractivity contribution in [1.82, 2.24) is 0 Å². The Kier molecular flexibility index (Phi) is 15.8. The van der Waals surface area contributed by atoms with E-state index in [2.05, 4.69) is 51.4 Å². The number of benzene rings is 2. The van der Waals surface area contributed by atoms with Crippen LogP contribution in [0.25, 0.3) is 0 Å². The summed E-state index contributed by atoms with van der Waals surface area (Å²) >= 11 is 0. The summed E-state index contributed by atoms with van der Waals surface area (Å²) in [5.74, 6) is 0.812. The summed E-state index contributed by atoms with van der Waals surface area (Å²) in [6, 6.07) is 18.6. The first-order valence-electron chi connectivity index (χ1n) is 15.2. The Bertz CT molecular complexity index is 880. The van der Waals surface area contributed by atoms with Gasteiger partial charge in [0.1, 0.15) is 12.3 Å². The number of rotatable bonds is 21. The van der Waals surface area contributed by atoms with Gasteiger partial charge in [-0.1, -0.05) is 107 Å². The number of unbranched alkanes of at least 4 members (excludes halogenated alkanes) is 10. The molecule has 4 heteroatoms. The molecule has 0 aliphatic heterocycles. The first kappa shape index (κ1) is 31.9. The largest absolute Gasteiger partial charge is 0.494 e. The van der Waals surface area contributed by atoms with E-state index in [0.29, 0.717) is 17.7 Å². The molecule has 0 saturated carbocycles. The van der Waals surface area contributed by atoms with Gasteiger partial charge in [0.05, 0.1) is 27.3 Å². The third kappa shape index (κ3) is 13.5. The highest BCUT2D eigenvalue weighted by Crippen LogP contribution is 2.18. The fourth-order valence-electron chi connectivity index (χ4n) is 4.77. The van der Waals surface area contributed by atoms with Gasteiger partial charge in [-0.2, -0.15) is 0 Å². The second kappa shape index (κ2) is 18.8. The molecule has 1 unspecified atom stereocenters. The fraction of sp³-hybridized carbons (Fsp3) is 0.618. The highest BCUT2D eigenvalue weighted by Gasteiger charge is 2.32. The fourth-order valence-corrected chi connectivity index (χ4v) is 4.77. The van der Waals surface area contributed by atoms with Gasteiger partial charge in [0.25, 0.3) is 0 Å². The molecule has 0 fully saturated rings. The number of aryl methyl sites for hydroxylation is 1. The van der Waals surface area contributed by atoms with E-state index < -0.39 is 0 Å². The van der Waals surface area contributed by atoms with E-state index in [0.717, 1.165) is 31.6 Å². The van der Waals surface area contributed by atoms with Crippen LogP contribution in [0.3, 0.4) is 0 Å². The van der Waals surface area contributed by atoms with Crippen molar-refractivity contribution in [3.63, 3.8) is 0 Å². The van der Waals surface area contributed by atoms with E-state index >= 15 is 0 Å². The zero-order chi connectivity index (χ0) is 27.5. The van der Waals surface area contributed by atoms with Gasteiger partial charge in [-0.05, 0) is 50.3 Å². The molecule has 2 aromatic rings. The van der Waals surface area contributed by atoms with Crippen molar-refractivity contribution in [3.8, 4) is 5.75 Å². The Morgan fingerprint density at radius 1 is 0.737 bits per heavy atom. The van der Waals surface area contributed by atoms with Crippen LogP contribution in [0.2, 0.25) is 0 Å². The molecule has 0 aliphatic carbocycles. The van der Waals surface area contributed by atoms with Crippen molar-refractivity contribution < 1.29 is 18.8 Å². The smallest absolute Gasteiger partial charge is 0.364 e. The van der Waals surface area contributed by atoms with Crippen molar-refractivity contribution in [2.45, 2.75) is 110 Å². The maximum Gasteiger partial charge on any atom is 0.364 e. The van der Waals surface area contributed by atoms with Crippen LogP contribution in [-0.2, 0) is 22.5 Å². The number of carbonyl (C=O) groups excluding carboxylic acids is 1. The van der Waals surface area contributed by atoms with Gasteiger partial charge < -0.3 is 14.0 Å². The summed E-state index contributed by atoms with van der Waals surface area (Å²) < 4.78 is 12.1. The number of quaternary nitrogens is 1. The van der Waals surface area contributed by atoms with E-state index in [1.54, 1.807) is 0 Å². The topological polar surface area (TPSA) is 35.5 Å². The Morgan fingerprint density at radius 2 is 1.34 bits per heavy atom. The summed E-state index contributed by atoms with van der Waals surface area (Å²) in [5, 5.41) is 0. The predicted molar refractivity (Wildman–Crippen MR) is 159 cm³/mol. The second-order valence-corrected chi connectivity index (χ2v) is 11.4. The molecule has 0 bridgehead atoms. The van der Waals surface area contributed by atoms with Crippen LogP contribution in [-0.4, -0.2) is 43.8 Å². The van der Waals surface area contributed by atoms with Crippen molar-refractivity contribution >= 4 is 5.97 Å². The second-order valence-electron chi connectivity index (χ2n) is 11.4. The third-order valence-corrected chi connectivity index (χ3v) is 7.59. The molecule has 0 radical (unpaired) electrons. The lowest BCUT2D eigenvalue weighted by atomic mass is 10.0. The van der Waals surface area contributed by atoms with Crippen molar-refractivity contribution in [2.24, 2.45) is 0 Å². The van der Waals surface area contributed by atoms with Gasteiger partial charge in [-0.3, -0.25) is 0 Å². The number of nitrogens with zero attached hydrogens (tertiary/aromatic N) is 1. The maximum absolute atomic E-state index is 12.6. The molecule has 0 aliphatic rings. The van der Waals surface area contributed by atoms with Crippen LogP contribution in [0, 0.1) is 0 Å². The molecule has 0 amide bonds. The number of esters is 1. The summed E-state index contributed by atoms with van der Waals surface area (Å²) in [4.78, 5) is 12.6. The third-order valence-electron chi connectivity index (χ3n) is 7.59. The van der Waals surface area contributed by atoms with E-state index in [-0.39, 0.29) is 12.0 Å². The number of hydrogen-bond acceptors (Lipinski definition) is 3. The van der Waals surface area contributed by atoms with Gasteiger partial charge in [-0.25, -0.2) is 4.79 Å². The zero-order valence-electron chi connectivity index (χ0n) is 24.8. The van der Waals surface area contributed by atoms with Gasteiger partial charge in [0.2, 0.25) is 0 Å². The molecule has 2 rings (SSSR count). The van der Waals surface area contributed by atoms with Crippen molar-refractivity contribution in [2.75, 3.05) is 27.3 Å². The number of ether oxygens (including phenoxy) is 2. The molecular formula is C34H54NO3+. The van der Waals surface area contributed by atoms with Crippen molar-refractivity contribution in [1.29, 1.82) is 0 Å². The Morgan fingerprint density at radius 3 is 2.03 bits per heavy atom. The van der Waals surface area contributed by atoms with Crippen LogP contribution in [0.5, 0.6) is 5.75 Å². The van der Waals surface area contributed by atoms with Gasteiger partial charge in [0, 0.05) is 5.56 Å². The maximum atomic E-state index is 12.6. The molecule has 0 saturated heterocycles. The molecule has 0 heterocycles. The summed E-state index contributed by atoms with van der Waals surface area (Å²) in [5.41, 5.74) is 2.59. The number of likely N-dealkylation sites (N-methyl/N-ethyl adjacent to an activating group) is 1. The summed E-state index contributed by atoms with van der Waals surface area (Å²) in [6.45, 7) is 6.11. The Hall–Kier alpha value is -2.33. The molecule has 0 aromatic heterocycles. The molecule has 212 valence electrons. The Balaban J connectivity index is 1.54. The monoisotopic (exact) mass is 524 g/mol. The van der Waals surface area contributed by atoms with Gasteiger partial charge in [0.15, 0.2) is 6.04 Å². The van der Waals surface area contributed by atoms with E-state index in [4.69, 9.17) is 9.47 Å². The van der Waals surface area contributed by atoms with Crippen LogP contribution in [0.1, 0.15) is 102 Å². The number of carbonyl (C=O) groups is 1. The molecule has 1 atom stereocenters. The normalized spacial score (nSPS) is 12.3. The zero-order valence-corrected chi connectivity index (χ0v) is 24.8. The summed E-state index contributed by atoms with van der Waals surface area (Å²) in [7, 11) is 4.16. The SMILES string of the molecule is CCCCCCCCCCCCc1cccc(OCCCCOC(=O)C(C)[N+](C)(C)Cc2ccccc2)c1. The molecule has 0 spiro atoms. The van der Waals surface area contributed by atoms with E-state index in [9.17, 15) is 4.79 Å². The molecular weight excluding hydrogens is 470 g/mol. The van der Waals surface area contributed by atoms with Crippen LogP contribution < -0.4 is 4.74 Å². The standard InChI is InChI=1S/C34H54NO3/c1-5-6-7-8-9-10-11-12-13-15-21-31-24-20-25-33(28-31)37-26-18-19-27-38-34(36)30(2)35(3,4)29-32-22-16-14-17-23-32/h14,16-17,20,22-25,28,30H,5-13,15,18-19,21,26-27,29H2,1-4H3/q+1. The van der Waals surface area contributed by atoms with Crippen LogP contribution >= 0.6 is 0 Å². The first-order valence-corrected chi connectivity index (χ1v) is 15.2. The minimum Gasteiger partial charge on any atom is -0.494 e. The minimum atomic E-state index is -0.218. The average molecular weight is 525 g/mol. The molecule has 0 N–H and O–H groups in total. The number of hydrogen-bond donors (Lipinski definition) is 0. The Labute approximate surface area is 233 Å². The highest BCUT2D eigenvalue weighted by molar-refractivity contribution is 5.74. The first-order chi connectivity index (χ1) is 18.4. The lowest BCUT2D eigenvalue weighted by Crippen LogP contribution is -2.51. The quantitative estimate of drug-likeness (QED) is 0.0932. The lowest BCUT2D eigenvalue weighted by Gasteiger charge is -2.34. The van der Waals surface area contributed by atoms with Crippen molar-refractivity contribution in [3.05, 3.63) is 65.7 Å². The molecule has 2 aromatic carbocycles. The van der Waals surface area contributed by atoms with E-state index in [1.165, 1.54) is 75.3 Å². The predicted octanol–water partition coefficient (Wildman–Crippen LogP) is 8.52. The van der Waals surface area contributed by atoms with Gasteiger partial charge >= 0.3 is 5.97 Å². The van der Waals surface area contributed by atoms with Crippen LogP contribution in [0.15, 0.2) is 54.6 Å². The average Bonchev–Trinajstić information content (AvgIpc) is 2.91. The van der Waals surface area contributed by atoms with Gasteiger partial charge in [-0.15, -0.1) is 0 Å². The van der Waals surface area contributed by atoms with E-state index in [1.807, 2.05) is 31.2 Å². The lowest BCUT2D eigenvalue weighted by molar-refractivity contribution is -0.917. The molecule has 4 nitrogen and oxygen atoms in total. The minimum absolute atomic E-state index is 0.133. The highest BCUT2D eigenvalue weighted by atomic mass is 16.5. The summed E-state index contributed by atoms with van der Waals surface area (Å²) in [6.07, 6.45) is 16.5. The molecule has 38 heavy (non-hydrogen) atoms.